The molecule has 0 amide bonds. The molecule has 0 N–H and O–H groups in total. The molecule has 0 aliphatic carbocycles. The van der Waals surface area contributed by atoms with E-state index in [1.807, 2.05) is 13.8 Å². The minimum absolute atomic E-state index is 0.157. The first-order chi connectivity index (χ1) is 5.49. The van der Waals surface area contributed by atoms with E-state index < -0.39 is 0 Å². The fourth-order valence-corrected chi connectivity index (χ4v) is 0.891. The highest BCUT2D eigenvalue weighted by Gasteiger charge is 2.08. The second kappa shape index (κ2) is 4.96. The first kappa shape index (κ1) is 11.2. The van der Waals surface area contributed by atoms with Gasteiger partial charge in [-0.1, -0.05) is 26.0 Å². The van der Waals surface area contributed by atoms with Crippen LogP contribution < -0.4 is 0 Å². The molecule has 0 aromatic rings. The summed E-state index contributed by atoms with van der Waals surface area (Å²) < 4.78 is 4.96. The van der Waals surface area contributed by atoms with Gasteiger partial charge in [-0.3, -0.25) is 0 Å². The molecule has 0 aromatic heterocycles. The van der Waals surface area contributed by atoms with Gasteiger partial charge in [-0.05, 0) is 12.8 Å². The van der Waals surface area contributed by atoms with Crippen LogP contribution in [-0.2, 0) is 4.74 Å². The van der Waals surface area contributed by atoms with Gasteiger partial charge in [0.05, 0.1) is 13.2 Å². The molecule has 0 aromatic carbocycles. The first-order valence-corrected chi connectivity index (χ1v) is 4.26. The summed E-state index contributed by atoms with van der Waals surface area (Å²) in [5, 5.41) is 0. The van der Waals surface area contributed by atoms with Gasteiger partial charge in [0.1, 0.15) is 0 Å². The van der Waals surface area contributed by atoms with Crippen molar-refractivity contribution in [3.8, 4) is 0 Å². The van der Waals surface area contributed by atoms with Crippen molar-refractivity contribution in [1.82, 2.24) is 0 Å². The largest absolute Gasteiger partial charge is 0.484 e. The Balaban J connectivity index is 4.21. The van der Waals surface area contributed by atoms with E-state index in [2.05, 4.69) is 25.4 Å². The van der Waals surface area contributed by atoms with Crippen LogP contribution in [0.2, 0.25) is 0 Å². The molecule has 12 heavy (non-hydrogen) atoms. The van der Waals surface area contributed by atoms with Gasteiger partial charge in [0.2, 0.25) is 0 Å². The minimum Gasteiger partial charge on any atom is -0.484 e. The van der Waals surface area contributed by atoms with Gasteiger partial charge >= 0.3 is 0 Å². The molecule has 0 aliphatic heterocycles. The van der Waals surface area contributed by atoms with Crippen LogP contribution in [0.25, 0.3) is 0 Å². The number of ether oxygens (including phenoxy) is 1. The molecule has 0 heterocycles. The lowest BCUT2D eigenvalue weighted by Gasteiger charge is -2.14. The maximum atomic E-state index is 4.96. The summed E-state index contributed by atoms with van der Waals surface area (Å²) in [5.74, 6) is 1.19. The van der Waals surface area contributed by atoms with Crippen LogP contribution in [0.4, 0.5) is 0 Å². The lowest BCUT2D eigenvalue weighted by Crippen LogP contribution is -2.10. The Kier molecular flexibility index (Phi) is 4.64. The predicted octanol–water partition coefficient (Wildman–Crippen LogP) is 2.65. The average Bonchev–Trinajstić information content (AvgIpc) is 2.02. The summed E-state index contributed by atoms with van der Waals surface area (Å²) in [4.78, 5) is 4.31. The molecule has 0 saturated carbocycles. The van der Waals surface area contributed by atoms with Gasteiger partial charge in [0.15, 0.2) is 5.90 Å². The van der Waals surface area contributed by atoms with Crippen LogP contribution in [0.15, 0.2) is 17.1 Å². The highest BCUT2D eigenvalue weighted by molar-refractivity contribution is 5.73. The van der Waals surface area contributed by atoms with Crippen LogP contribution in [0.1, 0.15) is 27.7 Å². The number of rotatable bonds is 3. The monoisotopic (exact) mass is 169 g/mol. The zero-order valence-corrected chi connectivity index (χ0v) is 8.72. The Bertz CT molecular complexity index is 182. The molecule has 0 aliphatic rings. The van der Waals surface area contributed by atoms with Crippen molar-refractivity contribution in [2.75, 3.05) is 7.11 Å². The normalized spacial score (nSPS) is 14.7. The average molecular weight is 169 g/mol. The van der Waals surface area contributed by atoms with Crippen molar-refractivity contribution in [2.45, 2.75) is 33.7 Å². The molecular weight excluding hydrogens is 150 g/mol. The van der Waals surface area contributed by atoms with Crippen molar-refractivity contribution in [3.63, 3.8) is 0 Å². The SMILES string of the molecule is C=C(C(C)C)C(C)N=C(C)OC. The second-order valence-electron chi connectivity index (χ2n) is 3.26. The van der Waals surface area contributed by atoms with E-state index in [4.69, 9.17) is 4.74 Å². The Labute approximate surface area is 75.3 Å². The third-order valence-corrected chi connectivity index (χ3v) is 1.95. The number of methoxy groups -OCH3 is 1. The summed E-state index contributed by atoms with van der Waals surface area (Å²) in [6.45, 7) is 12.1. The van der Waals surface area contributed by atoms with Gasteiger partial charge in [-0.15, -0.1) is 0 Å². The minimum atomic E-state index is 0.157. The molecule has 0 spiro atoms. The number of hydrogen-bond donors (Lipinski definition) is 0. The maximum absolute atomic E-state index is 4.96. The Morgan fingerprint density at radius 2 is 1.83 bits per heavy atom. The molecule has 1 unspecified atom stereocenters. The summed E-state index contributed by atoms with van der Waals surface area (Å²) in [7, 11) is 1.63. The Hall–Kier alpha value is -0.790. The van der Waals surface area contributed by atoms with Crippen LogP contribution in [0, 0.1) is 5.92 Å². The summed E-state index contributed by atoms with van der Waals surface area (Å²) in [6.07, 6.45) is 0. The maximum Gasteiger partial charge on any atom is 0.180 e. The van der Waals surface area contributed by atoms with Crippen molar-refractivity contribution in [1.29, 1.82) is 0 Å². The molecule has 70 valence electrons. The van der Waals surface area contributed by atoms with Crippen molar-refractivity contribution < 1.29 is 4.74 Å². The van der Waals surface area contributed by atoms with E-state index >= 15 is 0 Å². The van der Waals surface area contributed by atoms with E-state index in [1.165, 1.54) is 0 Å². The molecule has 0 fully saturated rings. The third-order valence-electron chi connectivity index (χ3n) is 1.95. The number of hydrogen-bond acceptors (Lipinski definition) is 2. The van der Waals surface area contributed by atoms with E-state index in [-0.39, 0.29) is 6.04 Å². The standard InChI is InChI=1S/C10H19NO/c1-7(2)8(3)9(4)11-10(5)12-6/h7,9H,3H2,1-2,4-6H3. The molecule has 2 nitrogen and oxygen atoms in total. The van der Waals surface area contributed by atoms with Gasteiger partial charge in [0.25, 0.3) is 0 Å². The number of nitrogens with zero attached hydrogens (tertiary/aromatic N) is 1. The van der Waals surface area contributed by atoms with Gasteiger partial charge in [-0.2, -0.15) is 0 Å². The van der Waals surface area contributed by atoms with Gasteiger partial charge < -0.3 is 4.74 Å². The molecule has 0 bridgehead atoms. The molecular formula is C10H19NO. The van der Waals surface area contributed by atoms with Crippen molar-refractivity contribution in [3.05, 3.63) is 12.2 Å². The first-order valence-electron chi connectivity index (χ1n) is 4.26. The fraction of sp³-hybridized carbons (Fsp3) is 0.700. The van der Waals surface area contributed by atoms with Crippen molar-refractivity contribution in [2.24, 2.45) is 10.9 Å². The third kappa shape index (κ3) is 3.56. The topological polar surface area (TPSA) is 21.6 Å². The van der Waals surface area contributed by atoms with Crippen LogP contribution in [-0.4, -0.2) is 19.0 Å². The smallest absolute Gasteiger partial charge is 0.180 e. The molecule has 0 saturated heterocycles. The van der Waals surface area contributed by atoms with Crippen molar-refractivity contribution >= 4 is 5.90 Å². The lowest BCUT2D eigenvalue weighted by atomic mass is 9.99. The quantitative estimate of drug-likeness (QED) is 0.361. The predicted molar refractivity (Wildman–Crippen MR) is 53.6 cm³/mol. The number of aliphatic imine (C=N–C) groups is 1. The summed E-state index contributed by atoms with van der Waals surface area (Å²) in [6, 6.07) is 0.157. The molecule has 1 atom stereocenters. The Morgan fingerprint density at radius 1 is 1.33 bits per heavy atom. The molecule has 0 rings (SSSR count). The second-order valence-corrected chi connectivity index (χ2v) is 3.26. The molecule has 0 radical (unpaired) electrons. The molecule has 2 heteroatoms. The van der Waals surface area contributed by atoms with Gasteiger partial charge in [-0.25, -0.2) is 4.99 Å². The van der Waals surface area contributed by atoms with E-state index in [1.54, 1.807) is 7.11 Å². The fourth-order valence-electron chi connectivity index (χ4n) is 0.891. The highest BCUT2D eigenvalue weighted by Crippen LogP contribution is 2.14. The summed E-state index contributed by atoms with van der Waals surface area (Å²) in [5.41, 5.74) is 1.14. The Morgan fingerprint density at radius 3 is 2.17 bits per heavy atom. The highest BCUT2D eigenvalue weighted by atomic mass is 16.5. The zero-order chi connectivity index (χ0) is 9.72. The lowest BCUT2D eigenvalue weighted by molar-refractivity contribution is 0.395. The van der Waals surface area contributed by atoms with Crippen LogP contribution in [0.5, 0.6) is 0 Å². The summed E-state index contributed by atoms with van der Waals surface area (Å²) >= 11 is 0. The van der Waals surface area contributed by atoms with E-state index in [9.17, 15) is 0 Å². The van der Waals surface area contributed by atoms with Crippen LogP contribution in [0.3, 0.4) is 0 Å². The van der Waals surface area contributed by atoms with E-state index in [0.717, 1.165) is 5.57 Å². The van der Waals surface area contributed by atoms with Gasteiger partial charge in [0, 0.05) is 6.92 Å². The van der Waals surface area contributed by atoms with E-state index in [0.29, 0.717) is 11.8 Å². The van der Waals surface area contributed by atoms with Crippen LogP contribution >= 0.6 is 0 Å². The zero-order valence-electron chi connectivity index (χ0n) is 8.72.